The number of carbonyl (C=O) groups excluding carboxylic acids is 1. The summed E-state index contributed by atoms with van der Waals surface area (Å²) >= 11 is 5.28. The van der Waals surface area contributed by atoms with Crippen LogP contribution in [0.3, 0.4) is 0 Å². The molecule has 0 aromatic heterocycles. The fourth-order valence-corrected chi connectivity index (χ4v) is 1.25. The van der Waals surface area contributed by atoms with Gasteiger partial charge in [0.25, 0.3) is 5.78 Å². The maximum absolute atomic E-state index is 13.2. The fraction of sp³-hybridized carbons (Fsp3) is 0.111. The van der Waals surface area contributed by atoms with Crippen molar-refractivity contribution in [2.45, 2.75) is 0 Å². The van der Waals surface area contributed by atoms with Gasteiger partial charge in [0, 0.05) is 0 Å². The van der Waals surface area contributed by atoms with Crippen molar-refractivity contribution in [2.75, 3.05) is 7.11 Å². The Labute approximate surface area is 93.4 Å². The fourth-order valence-electron chi connectivity index (χ4n) is 1.06. The Balaban J connectivity index is 3.51. The van der Waals surface area contributed by atoms with Gasteiger partial charge >= 0.3 is 5.97 Å². The van der Waals surface area contributed by atoms with E-state index in [1.54, 1.807) is 0 Å². The Kier molecular flexibility index (Phi) is 3.44. The van der Waals surface area contributed by atoms with Gasteiger partial charge in [0.1, 0.15) is 0 Å². The number of carboxylic acid groups (broad SMARTS) is 1. The van der Waals surface area contributed by atoms with Crippen LogP contribution in [-0.4, -0.2) is 24.0 Å². The molecule has 1 rings (SSSR count). The summed E-state index contributed by atoms with van der Waals surface area (Å²) in [5.74, 6) is -6.94. The molecule has 4 nitrogen and oxygen atoms in total. The van der Waals surface area contributed by atoms with E-state index in [1.165, 1.54) is 0 Å². The Bertz CT molecular complexity index is 473. The van der Waals surface area contributed by atoms with Crippen molar-refractivity contribution in [3.8, 4) is 5.75 Å². The third-order valence-corrected chi connectivity index (χ3v) is 2.04. The molecule has 0 saturated carbocycles. The number of hydrogen-bond acceptors (Lipinski definition) is 3. The lowest BCUT2D eigenvalue weighted by Crippen LogP contribution is -2.15. The molecule has 0 aliphatic rings. The van der Waals surface area contributed by atoms with Crippen molar-refractivity contribution < 1.29 is 28.2 Å². The monoisotopic (exact) mass is 250 g/mol. The number of carboxylic acids is 1. The van der Waals surface area contributed by atoms with E-state index in [9.17, 15) is 18.4 Å². The third-order valence-electron chi connectivity index (χ3n) is 1.76. The number of hydrogen-bond donors (Lipinski definition) is 1. The SMILES string of the molecule is COc1c(C(=O)C(=O)O)cc(Cl)c(F)c1F. The summed E-state index contributed by atoms with van der Waals surface area (Å²) in [6, 6.07) is 0.704. The first-order valence-electron chi connectivity index (χ1n) is 3.89. The van der Waals surface area contributed by atoms with Crippen LogP contribution < -0.4 is 4.74 Å². The maximum atomic E-state index is 13.2. The minimum Gasteiger partial charge on any atom is -0.493 e. The average molecular weight is 251 g/mol. The molecule has 0 heterocycles. The summed E-state index contributed by atoms with van der Waals surface area (Å²) in [7, 11) is 0.977. The van der Waals surface area contributed by atoms with Gasteiger partial charge in [-0.3, -0.25) is 4.79 Å². The van der Waals surface area contributed by atoms with Crippen LogP contribution in [0.5, 0.6) is 5.75 Å². The number of Topliss-reactive ketones (excluding diaryl/α,β-unsaturated/α-hetero) is 1. The molecule has 1 N–H and O–H groups in total. The molecule has 0 bridgehead atoms. The van der Waals surface area contributed by atoms with Crippen molar-refractivity contribution in [3.05, 3.63) is 28.3 Å². The van der Waals surface area contributed by atoms with Crippen molar-refractivity contribution in [1.29, 1.82) is 0 Å². The van der Waals surface area contributed by atoms with E-state index in [0.29, 0.717) is 6.07 Å². The van der Waals surface area contributed by atoms with Crippen LogP contribution in [0.4, 0.5) is 8.78 Å². The first-order valence-corrected chi connectivity index (χ1v) is 4.27. The lowest BCUT2D eigenvalue weighted by molar-refractivity contribution is -0.131. The second kappa shape index (κ2) is 4.44. The highest BCUT2D eigenvalue weighted by Gasteiger charge is 2.26. The van der Waals surface area contributed by atoms with Crippen molar-refractivity contribution in [3.63, 3.8) is 0 Å². The van der Waals surface area contributed by atoms with Crippen molar-refractivity contribution in [1.82, 2.24) is 0 Å². The number of methoxy groups -OCH3 is 1. The van der Waals surface area contributed by atoms with Crippen LogP contribution in [0.25, 0.3) is 0 Å². The zero-order valence-corrected chi connectivity index (χ0v) is 8.64. The molecule has 0 saturated heterocycles. The molecule has 0 radical (unpaired) electrons. The molecule has 7 heteroatoms. The molecule has 1 aromatic rings. The predicted octanol–water partition coefficient (Wildman–Crippen LogP) is 1.89. The van der Waals surface area contributed by atoms with Crippen LogP contribution in [0, 0.1) is 11.6 Å². The molecular formula is C9H5ClF2O4. The van der Waals surface area contributed by atoms with E-state index in [2.05, 4.69) is 4.74 Å². The Hall–Kier alpha value is -1.69. The number of benzene rings is 1. The molecule has 0 unspecified atom stereocenters. The molecule has 0 atom stereocenters. The van der Waals surface area contributed by atoms with E-state index >= 15 is 0 Å². The lowest BCUT2D eigenvalue weighted by Gasteiger charge is -2.08. The highest BCUT2D eigenvalue weighted by atomic mass is 35.5. The van der Waals surface area contributed by atoms with Gasteiger partial charge in [-0.2, -0.15) is 4.39 Å². The van der Waals surface area contributed by atoms with Gasteiger partial charge in [-0.05, 0) is 6.07 Å². The maximum Gasteiger partial charge on any atom is 0.377 e. The van der Waals surface area contributed by atoms with Crippen LogP contribution in [0.15, 0.2) is 6.07 Å². The Morgan fingerprint density at radius 2 is 1.94 bits per heavy atom. The average Bonchev–Trinajstić information content (AvgIpc) is 2.24. The molecule has 0 aliphatic heterocycles. The van der Waals surface area contributed by atoms with Gasteiger partial charge in [0.2, 0.25) is 5.82 Å². The molecule has 0 fully saturated rings. The molecule has 86 valence electrons. The standard InChI is InChI=1S/C9H5ClF2O4/c1-16-8-3(7(13)9(14)15)2-4(10)5(11)6(8)12/h2H,1H3,(H,14,15). The quantitative estimate of drug-likeness (QED) is 0.505. The zero-order chi connectivity index (χ0) is 12.5. The predicted molar refractivity (Wildman–Crippen MR) is 49.9 cm³/mol. The second-order valence-corrected chi connectivity index (χ2v) is 3.11. The van der Waals surface area contributed by atoms with Crippen molar-refractivity contribution >= 4 is 23.4 Å². The molecule has 1 aromatic carbocycles. The van der Waals surface area contributed by atoms with E-state index < -0.39 is 39.7 Å². The van der Waals surface area contributed by atoms with Gasteiger partial charge < -0.3 is 9.84 Å². The number of ketones is 1. The Morgan fingerprint density at radius 3 is 2.38 bits per heavy atom. The third kappa shape index (κ3) is 1.96. The van der Waals surface area contributed by atoms with Crippen LogP contribution in [-0.2, 0) is 4.79 Å². The summed E-state index contributed by atoms with van der Waals surface area (Å²) in [5.41, 5.74) is -0.640. The largest absolute Gasteiger partial charge is 0.493 e. The van der Waals surface area contributed by atoms with E-state index in [-0.39, 0.29) is 0 Å². The first kappa shape index (κ1) is 12.4. The van der Waals surface area contributed by atoms with Crippen LogP contribution >= 0.6 is 11.6 Å². The normalized spacial score (nSPS) is 10.0. The smallest absolute Gasteiger partial charge is 0.377 e. The van der Waals surface area contributed by atoms with Crippen molar-refractivity contribution in [2.24, 2.45) is 0 Å². The van der Waals surface area contributed by atoms with Gasteiger partial charge in [-0.1, -0.05) is 11.6 Å². The molecule has 0 spiro atoms. The summed E-state index contributed by atoms with van der Waals surface area (Å²) in [6.07, 6.45) is 0. The van der Waals surface area contributed by atoms with Gasteiger partial charge in [-0.25, -0.2) is 9.18 Å². The van der Waals surface area contributed by atoms with E-state index in [1.807, 2.05) is 0 Å². The molecule has 0 aliphatic carbocycles. The summed E-state index contributed by atoms with van der Waals surface area (Å²) in [5, 5.41) is 7.75. The van der Waals surface area contributed by atoms with Gasteiger partial charge in [-0.15, -0.1) is 0 Å². The number of rotatable bonds is 3. The minimum absolute atomic E-state index is 0.640. The minimum atomic E-state index is -1.82. The molecule has 0 amide bonds. The summed E-state index contributed by atoms with van der Waals surface area (Å²) < 4.78 is 30.6. The second-order valence-electron chi connectivity index (χ2n) is 2.70. The highest BCUT2D eigenvalue weighted by Crippen LogP contribution is 2.30. The van der Waals surface area contributed by atoms with Gasteiger partial charge in [0.05, 0.1) is 17.7 Å². The molecular weight excluding hydrogens is 246 g/mol. The summed E-state index contributed by atoms with van der Waals surface area (Å²) in [6.45, 7) is 0. The topological polar surface area (TPSA) is 63.6 Å². The number of carbonyl (C=O) groups is 2. The van der Waals surface area contributed by atoms with E-state index in [4.69, 9.17) is 16.7 Å². The Morgan fingerprint density at radius 1 is 1.38 bits per heavy atom. The number of aliphatic carboxylic acids is 1. The lowest BCUT2D eigenvalue weighted by atomic mass is 10.1. The van der Waals surface area contributed by atoms with Crippen LogP contribution in [0.2, 0.25) is 5.02 Å². The first-order chi connectivity index (χ1) is 7.40. The van der Waals surface area contributed by atoms with E-state index in [0.717, 1.165) is 7.11 Å². The highest BCUT2D eigenvalue weighted by molar-refractivity contribution is 6.41. The molecule has 16 heavy (non-hydrogen) atoms. The zero-order valence-electron chi connectivity index (χ0n) is 7.88. The van der Waals surface area contributed by atoms with Crippen LogP contribution in [0.1, 0.15) is 10.4 Å². The number of halogens is 3. The van der Waals surface area contributed by atoms with Gasteiger partial charge in [0.15, 0.2) is 11.6 Å². The summed E-state index contributed by atoms with van der Waals surface area (Å²) in [4.78, 5) is 21.5. The number of ether oxygens (including phenoxy) is 1.